The largest absolute Gasteiger partial charge is 0.358 e. The van der Waals surface area contributed by atoms with Crippen LogP contribution in [0.25, 0.3) is 0 Å². The third-order valence-corrected chi connectivity index (χ3v) is 4.93. The molecule has 2 aromatic carbocycles. The van der Waals surface area contributed by atoms with Crippen molar-refractivity contribution >= 4 is 69.3 Å². The molecule has 27 heavy (non-hydrogen) atoms. The number of hydrogen-bond donors (Lipinski definition) is 3. The number of rotatable bonds is 5. The van der Waals surface area contributed by atoms with Gasteiger partial charge >= 0.3 is 0 Å². The number of carbonyl (C=O) groups excluding carboxylic acids is 1. The third kappa shape index (κ3) is 5.61. The molecule has 0 fully saturated rings. The highest BCUT2D eigenvalue weighted by atomic mass is 35.5. The fourth-order valence-electron chi connectivity index (χ4n) is 2.10. The first kappa shape index (κ1) is 19.5. The topological polar surface area (TPSA) is 78.9 Å². The zero-order chi connectivity index (χ0) is 19.2. The van der Waals surface area contributed by atoms with Crippen LogP contribution in [0.5, 0.6) is 0 Å². The standard InChI is InChI=1S/C17H13Cl2N5OS2/c18-13-6-5-12(7-14(13)19)22-17(26)20-8-10-1-3-11(4-2-10)21-16(25)15-9-27-24-23-15/h1-7,9H,8H2,(H,21,25)(H2,20,22,26). The number of thiocarbonyl (C=S) groups is 1. The highest BCUT2D eigenvalue weighted by Crippen LogP contribution is 2.24. The summed E-state index contributed by atoms with van der Waals surface area (Å²) in [6.07, 6.45) is 0. The molecule has 1 aromatic heterocycles. The van der Waals surface area contributed by atoms with E-state index in [1.807, 2.05) is 24.3 Å². The Morgan fingerprint density at radius 3 is 2.44 bits per heavy atom. The predicted molar refractivity (Wildman–Crippen MR) is 114 cm³/mol. The van der Waals surface area contributed by atoms with Gasteiger partial charge in [0.15, 0.2) is 10.8 Å². The van der Waals surface area contributed by atoms with Crippen LogP contribution in [-0.4, -0.2) is 20.6 Å². The van der Waals surface area contributed by atoms with E-state index in [0.29, 0.717) is 33.1 Å². The lowest BCUT2D eigenvalue weighted by Crippen LogP contribution is -2.27. The Labute approximate surface area is 175 Å². The number of nitrogens with zero attached hydrogens (tertiary/aromatic N) is 2. The van der Waals surface area contributed by atoms with Crippen molar-refractivity contribution in [1.29, 1.82) is 0 Å². The Hall–Kier alpha value is -2.26. The van der Waals surface area contributed by atoms with Crippen molar-refractivity contribution in [3.63, 3.8) is 0 Å². The number of carbonyl (C=O) groups is 1. The first-order chi connectivity index (χ1) is 13.0. The van der Waals surface area contributed by atoms with E-state index in [2.05, 4.69) is 25.5 Å². The van der Waals surface area contributed by atoms with Crippen LogP contribution in [0.4, 0.5) is 11.4 Å². The minimum Gasteiger partial charge on any atom is -0.358 e. The van der Waals surface area contributed by atoms with Gasteiger partial charge in [0.1, 0.15) is 0 Å². The Kier molecular flexibility index (Phi) is 6.57. The average Bonchev–Trinajstić information content (AvgIpc) is 3.19. The molecule has 3 N–H and O–H groups in total. The van der Waals surface area contributed by atoms with Crippen molar-refractivity contribution in [2.24, 2.45) is 0 Å². The molecule has 0 unspecified atom stereocenters. The van der Waals surface area contributed by atoms with E-state index in [1.54, 1.807) is 23.6 Å². The summed E-state index contributed by atoms with van der Waals surface area (Å²) in [5.74, 6) is -0.290. The molecule has 0 radical (unpaired) electrons. The number of amides is 1. The lowest BCUT2D eigenvalue weighted by Gasteiger charge is -2.11. The van der Waals surface area contributed by atoms with Crippen molar-refractivity contribution in [2.75, 3.05) is 10.6 Å². The molecule has 10 heteroatoms. The first-order valence-corrected chi connectivity index (χ1v) is 9.68. The number of aromatic nitrogens is 2. The molecule has 0 atom stereocenters. The summed E-state index contributed by atoms with van der Waals surface area (Å²) >= 11 is 18.3. The van der Waals surface area contributed by atoms with Gasteiger partial charge < -0.3 is 16.0 Å². The smallest absolute Gasteiger partial charge is 0.277 e. The molecule has 1 amide bonds. The van der Waals surface area contributed by atoms with E-state index in [4.69, 9.17) is 35.4 Å². The van der Waals surface area contributed by atoms with E-state index >= 15 is 0 Å². The molecule has 1 heterocycles. The maximum absolute atomic E-state index is 11.9. The van der Waals surface area contributed by atoms with Crippen molar-refractivity contribution in [2.45, 2.75) is 6.54 Å². The summed E-state index contributed by atoms with van der Waals surface area (Å²) in [6, 6.07) is 12.6. The molecule has 0 aliphatic heterocycles. The fourth-order valence-corrected chi connectivity index (χ4v) is 3.02. The second kappa shape index (κ2) is 9.09. The molecule has 0 saturated heterocycles. The summed E-state index contributed by atoms with van der Waals surface area (Å²) in [6.45, 7) is 0.525. The summed E-state index contributed by atoms with van der Waals surface area (Å²) in [4.78, 5) is 11.9. The first-order valence-electron chi connectivity index (χ1n) is 7.68. The van der Waals surface area contributed by atoms with Gasteiger partial charge in [-0.25, -0.2) is 0 Å². The molecule has 3 rings (SSSR count). The minimum atomic E-state index is -0.290. The van der Waals surface area contributed by atoms with Crippen LogP contribution in [-0.2, 0) is 6.54 Å². The number of anilines is 2. The molecule has 0 aliphatic carbocycles. The molecule has 138 valence electrons. The molecule has 0 aliphatic rings. The van der Waals surface area contributed by atoms with Crippen LogP contribution in [0.3, 0.4) is 0 Å². The van der Waals surface area contributed by atoms with E-state index in [9.17, 15) is 4.79 Å². The molecule has 0 spiro atoms. The van der Waals surface area contributed by atoms with Crippen molar-refractivity contribution in [1.82, 2.24) is 14.9 Å². The Bertz CT molecular complexity index is 948. The summed E-state index contributed by atoms with van der Waals surface area (Å²) in [5, 5.41) is 15.6. The van der Waals surface area contributed by atoms with Gasteiger partial charge in [-0.3, -0.25) is 4.79 Å². The molecule has 6 nitrogen and oxygen atoms in total. The minimum absolute atomic E-state index is 0.290. The van der Waals surface area contributed by atoms with Crippen LogP contribution in [0.1, 0.15) is 16.1 Å². The third-order valence-electron chi connectivity index (χ3n) is 3.44. The Balaban J connectivity index is 1.50. The summed E-state index contributed by atoms with van der Waals surface area (Å²) in [7, 11) is 0. The highest BCUT2D eigenvalue weighted by molar-refractivity contribution is 7.80. The zero-order valence-electron chi connectivity index (χ0n) is 13.7. The number of benzene rings is 2. The predicted octanol–water partition coefficient (Wildman–Crippen LogP) is 4.58. The van der Waals surface area contributed by atoms with E-state index in [-0.39, 0.29) is 5.91 Å². The quantitative estimate of drug-likeness (QED) is 0.506. The molecule has 0 saturated carbocycles. The number of halogens is 2. The van der Waals surface area contributed by atoms with Crippen molar-refractivity contribution in [3.05, 3.63) is 69.1 Å². The van der Waals surface area contributed by atoms with Crippen LogP contribution >= 0.6 is 47.0 Å². The van der Waals surface area contributed by atoms with Crippen molar-refractivity contribution < 1.29 is 4.79 Å². The average molecular weight is 438 g/mol. The second-order valence-corrected chi connectivity index (χ2v) is 7.21. The lowest BCUT2D eigenvalue weighted by atomic mass is 10.2. The van der Waals surface area contributed by atoms with Crippen LogP contribution < -0.4 is 16.0 Å². The van der Waals surface area contributed by atoms with Gasteiger partial charge in [-0.05, 0) is 59.6 Å². The SMILES string of the molecule is O=C(Nc1ccc(CNC(=S)Nc2ccc(Cl)c(Cl)c2)cc1)c1csnn1. The van der Waals surface area contributed by atoms with Crippen LogP contribution in [0, 0.1) is 0 Å². The van der Waals surface area contributed by atoms with Gasteiger partial charge in [-0.15, -0.1) is 5.10 Å². The van der Waals surface area contributed by atoms with Gasteiger partial charge in [0.05, 0.1) is 10.0 Å². The second-order valence-electron chi connectivity index (χ2n) is 5.38. The number of nitrogens with one attached hydrogen (secondary N) is 3. The Morgan fingerprint density at radius 1 is 1.04 bits per heavy atom. The van der Waals surface area contributed by atoms with Gasteiger partial charge in [0.2, 0.25) is 0 Å². The zero-order valence-corrected chi connectivity index (χ0v) is 16.8. The van der Waals surface area contributed by atoms with Gasteiger partial charge in [0.25, 0.3) is 5.91 Å². The molecule has 0 bridgehead atoms. The van der Waals surface area contributed by atoms with Crippen LogP contribution in [0.2, 0.25) is 10.0 Å². The van der Waals surface area contributed by atoms with E-state index in [1.165, 1.54) is 0 Å². The van der Waals surface area contributed by atoms with Crippen LogP contribution in [0.15, 0.2) is 47.8 Å². The monoisotopic (exact) mass is 437 g/mol. The normalized spacial score (nSPS) is 10.3. The fraction of sp³-hybridized carbons (Fsp3) is 0.0588. The van der Waals surface area contributed by atoms with Gasteiger partial charge in [-0.2, -0.15) is 0 Å². The van der Waals surface area contributed by atoms with Gasteiger partial charge in [-0.1, -0.05) is 39.8 Å². The summed E-state index contributed by atoms with van der Waals surface area (Å²) < 4.78 is 3.67. The van der Waals surface area contributed by atoms with Crippen molar-refractivity contribution in [3.8, 4) is 0 Å². The molecule has 3 aromatic rings. The molecular formula is C17H13Cl2N5OS2. The van der Waals surface area contributed by atoms with Gasteiger partial charge in [0, 0.05) is 23.3 Å². The van der Waals surface area contributed by atoms with E-state index in [0.717, 1.165) is 22.8 Å². The number of hydrogen-bond acceptors (Lipinski definition) is 5. The molecular weight excluding hydrogens is 425 g/mol. The lowest BCUT2D eigenvalue weighted by molar-refractivity contribution is 0.102. The Morgan fingerprint density at radius 2 is 1.78 bits per heavy atom. The highest BCUT2D eigenvalue weighted by Gasteiger charge is 2.09. The maximum Gasteiger partial charge on any atom is 0.277 e. The van der Waals surface area contributed by atoms with E-state index < -0.39 is 0 Å². The maximum atomic E-state index is 11.9. The summed E-state index contributed by atoms with van der Waals surface area (Å²) in [5.41, 5.74) is 2.72.